The Morgan fingerprint density at radius 3 is 2.80 bits per heavy atom. The molecule has 1 N–H and O–H groups in total. The molecule has 1 heterocycles. The zero-order valence-corrected chi connectivity index (χ0v) is 8.82. The predicted octanol–water partition coefficient (Wildman–Crippen LogP) is 3.55. The molecule has 1 aliphatic rings. The average Bonchev–Trinajstić information content (AvgIpc) is 2.39. The Kier molecular flexibility index (Phi) is 2.63. The third kappa shape index (κ3) is 2.28. The number of hydrogen-bond donors (Lipinski definition) is 1. The van der Waals surface area contributed by atoms with Crippen LogP contribution >= 0.6 is 0 Å². The topological polar surface area (TPSA) is 12.0 Å². The van der Waals surface area contributed by atoms with Crippen LogP contribution in [0.5, 0.6) is 0 Å². The maximum atomic E-state index is 13.1. The minimum absolute atomic E-state index is 0.116. The normalized spacial score (nSPS) is 16.5. The van der Waals surface area contributed by atoms with E-state index in [-0.39, 0.29) is 5.56 Å². The molecule has 0 bridgehead atoms. The van der Waals surface area contributed by atoms with Crippen molar-refractivity contribution in [3.05, 3.63) is 29.3 Å². The fraction of sp³-hybridized carbons (Fsp3) is 0.500. The van der Waals surface area contributed by atoms with Crippen LogP contribution in [-0.4, -0.2) is 6.54 Å². The van der Waals surface area contributed by atoms with Gasteiger partial charge in [-0.05, 0) is 37.0 Å². The van der Waals surface area contributed by atoms with Gasteiger partial charge in [-0.2, -0.15) is 0 Å². The molecule has 0 aromatic heterocycles. The summed E-state index contributed by atoms with van der Waals surface area (Å²) in [6.45, 7) is 1.88. The van der Waals surface area contributed by atoms with E-state index in [1.807, 2.05) is 0 Å². The Morgan fingerprint density at radius 2 is 2.07 bits per heavy atom. The summed E-state index contributed by atoms with van der Waals surface area (Å²) in [7, 11) is 0. The molecule has 3 heteroatoms. The first-order chi connectivity index (χ1) is 7.07. The molecular formula is C12H15F2N. The second kappa shape index (κ2) is 3.80. The van der Waals surface area contributed by atoms with Gasteiger partial charge in [0.15, 0.2) is 0 Å². The third-order valence-corrected chi connectivity index (χ3v) is 2.80. The summed E-state index contributed by atoms with van der Waals surface area (Å²) in [4.78, 5) is 0. The molecule has 15 heavy (non-hydrogen) atoms. The van der Waals surface area contributed by atoms with E-state index in [1.54, 1.807) is 12.1 Å². The Labute approximate surface area is 88.5 Å². The largest absolute Gasteiger partial charge is 0.385 e. The molecule has 0 saturated carbocycles. The monoisotopic (exact) mass is 211 g/mol. The number of anilines is 1. The molecule has 1 aromatic rings. The highest BCUT2D eigenvalue weighted by molar-refractivity contribution is 5.54. The summed E-state index contributed by atoms with van der Waals surface area (Å²) in [6.07, 6.45) is 3.07. The molecule has 0 fully saturated rings. The van der Waals surface area contributed by atoms with Crippen molar-refractivity contribution < 1.29 is 8.78 Å². The zero-order valence-electron chi connectivity index (χ0n) is 8.82. The van der Waals surface area contributed by atoms with Crippen LogP contribution in [0.15, 0.2) is 18.2 Å². The van der Waals surface area contributed by atoms with E-state index in [1.165, 1.54) is 6.07 Å². The maximum Gasteiger partial charge on any atom is 0.270 e. The van der Waals surface area contributed by atoms with Gasteiger partial charge in [0.1, 0.15) is 0 Å². The summed E-state index contributed by atoms with van der Waals surface area (Å²) in [5.74, 6) is -2.73. The van der Waals surface area contributed by atoms with Crippen LogP contribution in [0.4, 0.5) is 14.5 Å². The van der Waals surface area contributed by atoms with Gasteiger partial charge in [0.05, 0.1) is 0 Å². The summed E-state index contributed by atoms with van der Waals surface area (Å²) in [6, 6.07) is 4.91. The molecule has 1 aromatic carbocycles. The van der Waals surface area contributed by atoms with Crippen LogP contribution in [0.2, 0.25) is 0 Å². The predicted molar refractivity (Wildman–Crippen MR) is 57.4 cm³/mol. The first-order valence-electron chi connectivity index (χ1n) is 5.32. The average molecular weight is 211 g/mol. The first-order valence-corrected chi connectivity index (χ1v) is 5.32. The number of rotatable bonds is 1. The number of aryl methyl sites for hydroxylation is 1. The fourth-order valence-corrected chi connectivity index (χ4v) is 1.91. The molecule has 0 unspecified atom stereocenters. The summed E-state index contributed by atoms with van der Waals surface area (Å²) in [5, 5.41) is 3.26. The third-order valence-electron chi connectivity index (χ3n) is 2.80. The highest BCUT2D eigenvalue weighted by atomic mass is 19.3. The van der Waals surface area contributed by atoms with Gasteiger partial charge in [-0.25, -0.2) is 8.78 Å². The van der Waals surface area contributed by atoms with E-state index < -0.39 is 5.92 Å². The van der Waals surface area contributed by atoms with E-state index in [0.29, 0.717) is 0 Å². The molecule has 2 rings (SSSR count). The van der Waals surface area contributed by atoms with Crippen LogP contribution < -0.4 is 5.32 Å². The highest BCUT2D eigenvalue weighted by Gasteiger charge is 2.25. The lowest BCUT2D eigenvalue weighted by Crippen LogP contribution is -2.08. The van der Waals surface area contributed by atoms with E-state index in [4.69, 9.17) is 0 Å². The van der Waals surface area contributed by atoms with Gasteiger partial charge < -0.3 is 5.32 Å². The van der Waals surface area contributed by atoms with Crippen molar-refractivity contribution in [3.8, 4) is 0 Å². The lowest BCUT2D eigenvalue weighted by molar-refractivity contribution is 0.0174. The molecular weight excluding hydrogens is 196 g/mol. The summed E-state index contributed by atoms with van der Waals surface area (Å²) >= 11 is 0. The Bertz CT molecular complexity index is 355. The first kappa shape index (κ1) is 10.4. The number of halogens is 2. The van der Waals surface area contributed by atoms with Gasteiger partial charge in [0, 0.05) is 24.7 Å². The number of nitrogens with one attached hydrogen (secondary N) is 1. The number of alkyl halides is 2. The lowest BCUT2D eigenvalue weighted by Gasteiger charge is -2.14. The lowest BCUT2D eigenvalue weighted by atomic mass is 10.0. The van der Waals surface area contributed by atoms with Gasteiger partial charge in [0.2, 0.25) is 0 Å². The maximum absolute atomic E-state index is 13.1. The van der Waals surface area contributed by atoms with E-state index in [9.17, 15) is 8.78 Å². The van der Waals surface area contributed by atoms with Crippen molar-refractivity contribution in [2.24, 2.45) is 0 Å². The SMILES string of the molecule is CC(F)(F)c1ccc2c(c1)CCCCN2. The Morgan fingerprint density at radius 1 is 1.27 bits per heavy atom. The van der Waals surface area contributed by atoms with Crippen LogP contribution in [-0.2, 0) is 12.3 Å². The molecule has 82 valence electrons. The minimum atomic E-state index is -2.73. The van der Waals surface area contributed by atoms with E-state index in [0.717, 1.165) is 44.0 Å². The van der Waals surface area contributed by atoms with Crippen molar-refractivity contribution in [1.29, 1.82) is 0 Å². The van der Waals surface area contributed by atoms with Crippen molar-refractivity contribution in [2.45, 2.75) is 32.1 Å². The quantitative estimate of drug-likeness (QED) is 0.749. The van der Waals surface area contributed by atoms with Crippen LogP contribution in [0, 0.1) is 0 Å². The highest BCUT2D eigenvalue weighted by Crippen LogP contribution is 2.31. The molecule has 0 atom stereocenters. The van der Waals surface area contributed by atoms with E-state index >= 15 is 0 Å². The van der Waals surface area contributed by atoms with Crippen molar-refractivity contribution in [1.82, 2.24) is 0 Å². The van der Waals surface area contributed by atoms with Crippen molar-refractivity contribution >= 4 is 5.69 Å². The van der Waals surface area contributed by atoms with Gasteiger partial charge in [-0.1, -0.05) is 6.07 Å². The molecule has 0 radical (unpaired) electrons. The molecule has 0 saturated heterocycles. The Balaban J connectivity index is 2.36. The van der Waals surface area contributed by atoms with Crippen LogP contribution in [0.1, 0.15) is 30.9 Å². The molecule has 0 amide bonds. The van der Waals surface area contributed by atoms with Gasteiger partial charge in [-0.15, -0.1) is 0 Å². The molecule has 0 spiro atoms. The molecule has 1 nitrogen and oxygen atoms in total. The smallest absolute Gasteiger partial charge is 0.270 e. The minimum Gasteiger partial charge on any atom is -0.385 e. The Hall–Kier alpha value is -1.12. The second-order valence-electron chi connectivity index (χ2n) is 4.14. The van der Waals surface area contributed by atoms with Crippen molar-refractivity contribution in [3.63, 3.8) is 0 Å². The van der Waals surface area contributed by atoms with E-state index in [2.05, 4.69) is 5.32 Å². The number of benzene rings is 1. The van der Waals surface area contributed by atoms with Crippen LogP contribution in [0.25, 0.3) is 0 Å². The van der Waals surface area contributed by atoms with Crippen LogP contribution in [0.3, 0.4) is 0 Å². The number of fused-ring (bicyclic) bond motifs is 1. The standard InChI is InChI=1S/C12H15F2N/c1-12(13,14)10-5-6-11-9(8-10)4-2-3-7-15-11/h5-6,8,15H,2-4,7H2,1H3. The van der Waals surface area contributed by atoms with Gasteiger partial charge in [0.25, 0.3) is 5.92 Å². The molecule has 0 aliphatic carbocycles. The second-order valence-corrected chi connectivity index (χ2v) is 4.14. The zero-order chi connectivity index (χ0) is 10.9. The molecule has 1 aliphatic heterocycles. The van der Waals surface area contributed by atoms with Gasteiger partial charge >= 0.3 is 0 Å². The number of hydrogen-bond acceptors (Lipinski definition) is 1. The van der Waals surface area contributed by atoms with Gasteiger partial charge in [-0.3, -0.25) is 0 Å². The van der Waals surface area contributed by atoms with Crippen molar-refractivity contribution in [2.75, 3.05) is 11.9 Å². The summed E-state index contributed by atoms with van der Waals surface area (Å²) in [5.41, 5.74) is 2.15. The fourth-order valence-electron chi connectivity index (χ4n) is 1.91. The summed E-state index contributed by atoms with van der Waals surface area (Å²) < 4.78 is 26.2.